The summed E-state index contributed by atoms with van der Waals surface area (Å²) in [6, 6.07) is 10.1. The number of ether oxygens (including phenoxy) is 1. The standard InChI is InChI=1S/C20H20F2N4O2/c1-3-14-12-16(6-9-18(14)22)23-20(27)19-13(2)26(25-24-19)10-11-28-17-7-4-15(21)5-8-17/h4-9,12H,3,10-11H2,1-2H3,(H,23,27). The van der Waals surface area contributed by atoms with Crippen molar-refractivity contribution in [3.05, 3.63) is 71.1 Å². The molecule has 1 aromatic heterocycles. The van der Waals surface area contributed by atoms with Gasteiger partial charge in [-0.2, -0.15) is 0 Å². The maximum Gasteiger partial charge on any atom is 0.278 e. The van der Waals surface area contributed by atoms with Gasteiger partial charge in [0, 0.05) is 5.69 Å². The Hall–Kier alpha value is -3.29. The van der Waals surface area contributed by atoms with Crippen LogP contribution in [0.3, 0.4) is 0 Å². The predicted octanol–water partition coefficient (Wildman–Crippen LogP) is 3.76. The molecule has 1 N–H and O–H groups in total. The Labute approximate surface area is 161 Å². The third-order valence-electron chi connectivity index (χ3n) is 4.27. The highest BCUT2D eigenvalue weighted by Crippen LogP contribution is 2.17. The van der Waals surface area contributed by atoms with Gasteiger partial charge in [-0.25, -0.2) is 13.5 Å². The van der Waals surface area contributed by atoms with Crippen molar-refractivity contribution in [2.75, 3.05) is 11.9 Å². The molecule has 28 heavy (non-hydrogen) atoms. The van der Waals surface area contributed by atoms with Crippen LogP contribution < -0.4 is 10.1 Å². The van der Waals surface area contributed by atoms with Gasteiger partial charge in [0.1, 0.15) is 24.0 Å². The highest BCUT2D eigenvalue weighted by atomic mass is 19.1. The normalized spacial score (nSPS) is 10.7. The first-order valence-electron chi connectivity index (χ1n) is 8.86. The Morgan fingerprint density at radius 2 is 1.93 bits per heavy atom. The van der Waals surface area contributed by atoms with Crippen LogP contribution in [0.5, 0.6) is 5.75 Å². The lowest BCUT2D eigenvalue weighted by atomic mass is 10.1. The fourth-order valence-electron chi connectivity index (χ4n) is 2.68. The lowest BCUT2D eigenvalue weighted by Crippen LogP contribution is -2.15. The molecule has 0 unspecified atom stereocenters. The molecule has 6 nitrogen and oxygen atoms in total. The van der Waals surface area contributed by atoms with E-state index in [1.807, 2.05) is 6.92 Å². The fraction of sp³-hybridized carbons (Fsp3) is 0.250. The number of nitrogens with one attached hydrogen (secondary N) is 1. The fourth-order valence-corrected chi connectivity index (χ4v) is 2.68. The number of carbonyl (C=O) groups is 1. The van der Waals surface area contributed by atoms with Gasteiger partial charge in [-0.3, -0.25) is 4.79 Å². The van der Waals surface area contributed by atoms with E-state index < -0.39 is 5.91 Å². The third kappa shape index (κ3) is 4.51. The van der Waals surface area contributed by atoms with Crippen molar-refractivity contribution < 1.29 is 18.3 Å². The lowest BCUT2D eigenvalue weighted by molar-refractivity contribution is 0.102. The summed E-state index contributed by atoms with van der Waals surface area (Å²) in [4.78, 5) is 12.5. The summed E-state index contributed by atoms with van der Waals surface area (Å²) in [5.74, 6) is -0.511. The first kappa shape index (κ1) is 19.5. The number of aryl methyl sites for hydroxylation is 1. The van der Waals surface area contributed by atoms with Crippen LogP contribution in [-0.2, 0) is 13.0 Å². The average molecular weight is 386 g/mol. The number of hydrogen-bond donors (Lipinski definition) is 1. The number of anilines is 1. The third-order valence-corrected chi connectivity index (χ3v) is 4.27. The summed E-state index contributed by atoms with van der Waals surface area (Å²) in [7, 11) is 0. The van der Waals surface area contributed by atoms with Crippen LogP contribution in [0.1, 0.15) is 28.7 Å². The number of nitrogens with zero attached hydrogens (tertiary/aromatic N) is 3. The zero-order chi connectivity index (χ0) is 20.1. The van der Waals surface area contributed by atoms with Crippen LogP contribution in [0.4, 0.5) is 14.5 Å². The van der Waals surface area contributed by atoms with Crippen LogP contribution in [0, 0.1) is 18.6 Å². The summed E-state index contributed by atoms with van der Waals surface area (Å²) < 4.78 is 33.6. The SMILES string of the molecule is CCc1cc(NC(=O)c2nnn(CCOc3ccc(F)cc3)c2C)ccc1F. The Bertz CT molecular complexity index is 971. The molecule has 0 radical (unpaired) electrons. The summed E-state index contributed by atoms with van der Waals surface area (Å²) in [6.07, 6.45) is 0.527. The molecule has 0 aliphatic carbocycles. The smallest absolute Gasteiger partial charge is 0.278 e. The molecule has 2 aromatic carbocycles. The molecule has 0 bridgehead atoms. The molecular formula is C20H20F2N4O2. The van der Waals surface area contributed by atoms with Gasteiger partial charge in [0.05, 0.1) is 12.2 Å². The highest BCUT2D eigenvalue weighted by molar-refractivity contribution is 6.03. The van der Waals surface area contributed by atoms with Crippen LogP contribution in [0.25, 0.3) is 0 Å². The number of aromatic nitrogens is 3. The molecule has 3 aromatic rings. The summed E-state index contributed by atoms with van der Waals surface area (Å²) in [5, 5.41) is 10.6. The number of amides is 1. The zero-order valence-corrected chi connectivity index (χ0v) is 15.6. The molecular weight excluding hydrogens is 366 g/mol. The second-order valence-electron chi connectivity index (χ2n) is 6.16. The van der Waals surface area contributed by atoms with Crippen LogP contribution >= 0.6 is 0 Å². The van der Waals surface area contributed by atoms with Gasteiger partial charge in [0.15, 0.2) is 5.69 Å². The highest BCUT2D eigenvalue weighted by Gasteiger charge is 2.17. The van der Waals surface area contributed by atoms with Gasteiger partial charge in [-0.05, 0) is 61.4 Å². The van der Waals surface area contributed by atoms with E-state index in [1.165, 1.54) is 36.4 Å². The summed E-state index contributed by atoms with van der Waals surface area (Å²) in [5.41, 5.74) is 1.79. The molecule has 0 spiro atoms. The minimum absolute atomic E-state index is 0.184. The Morgan fingerprint density at radius 1 is 1.18 bits per heavy atom. The largest absolute Gasteiger partial charge is 0.492 e. The molecule has 3 rings (SSSR count). The molecule has 0 aliphatic heterocycles. The van der Waals surface area contributed by atoms with E-state index >= 15 is 0 Å². The van der Waals surface area contributed by atoms with Crippen molar-refractivity contribution in [2.24, 2.45) is 0 Å². The average Bonchev–Trinajstić information content (AvgIpc) is 3.05. The topological polar surface area (TPSA) is 69.0 Å². The number of rotatable bonds is 7. The second-order valence-corrected chi connectivity index (χ2v) is 6.16. The van der Waals surface area contributed by atoms with Crippen LogP contribution in [0.15, 0.2) is 42.5 Å². The number of benzene rings is 2. The van der Waals surface area contributed by atoms with Crippen molar-refractivity contribution in [1.29, 1.82) is 0 Å². The lowest BCUT2D eigenvalue weighted by Gasteiger charge is -2.08. The first-order valence-corrected chi connectivity index (χ1v) is 8.86. The molecule has 0 aliphatic rings. The zero-order valence-electron chi connectivity index (χ0n) is 15.6. The van der Waals surface area contributed by atoms with Gasteiger partial charge in [0.25, 0.3) is 5.91 Å². The molecule has 1 heterocycles. The predicted molar refractivity (Wildman–Crippen MR) is 100 cm³/mol. The molecule has 0 fully saturated rings. The Balaban J connectivity index is 1.61. The van der Waals surface area contributed by atoms with Crippen molar-refractivity contribution in [3.63, 3.8) is 0 Å². The van der Waals surface area contributed by atoms with E-state index in [1.54, 1.807) is 17.7 Å². The summed E-state index contributed by atoms with van der Waals surface area (Å²) in [6.45, 7) is 4.23. The molecule has 0 saturated heterocycles. The van der Waals surface area contributed by atoms with Gasteiger partial charge in [-0.15, -0.1) is 5.10 Å². The molecule has 1 amide bonds. The Morgan fingerprint density at radius 3 is 2.64 bits per heavy atom. The second kappa shape index (κ2) is 8.60. The minimum atomic E-state index is -0.420. The van der Waals surface area contributed by atoms with E-state index in [9.17, 15) is 13.6 Å². The maximum atomic E-state index is 13.6. The first-order chi connectivity index (χ1) is 13.5. The van der Waals surface area contributed by atoms with E-state index in [2.05, 4.69) is 15.6 Å². The van der Waals surface area contributed by atoms with Crippen molar-refractivity contribution >= 4 is 11.6 Å². The van der Waals surface area contributed by atoms with Crippen molar-refractivity contribution in [2.45, 2.75) is 26.8 Å². The van der Waals surface area contributed by atoms with E-state index in [4.69, 9.17) is 4.74 Å². The number of halogens is 2. The van der Waals surface area contributed by atoms with Crippen molar-refractivity contribution in [1.82, 2.24) is 15.0 Å². The van der Waals surface area contributed by atoms with Gasteiger partial charge >= 0.3 is 0 Å². The molecule has 0 atom stereocenters. The van der Waals surface area contributed by atoms with E-state index in [0.717, 1.165) is 0 Å². The van der Waals surface area contributed by atoms with Gasteiger partial charge in [0.2, 0.25) is 0 Å². The molecule has 8 heteroatoms. The molecule has 0 saturated carbocycles. The monoisotopic (exact) mass is 386 g/mol. The number of hydrogen-bond acceptors (Lipinski definition) is 4. The summed E-state index contributed by atoms with van der Waals surface area (Å²) >= 11 is 0. The molecule has 146 valence electrons. The Kier molecular flexibility index (Phi) is 5.98. The van der Waals surface area contributed by atoms with E-state index in [-0.39, 0.29) is 23.9 Å². The van der Waals surface area contributed by atoms with Crippen molar-refractivity contribution in [3.8, 4) is 5.75 Å². The van der Waals surface area contributed by atoms with Crippen LogP contribution in [0.2, 0.25) is 0 Å². The van der Waals surface area contributed by atoms with Gasteiger partial charge < -0.3 is 10.1 Å². The van der Waals surface area contributed by atoms with E-state index in [0.29, 0.717) is 35.7 Å². The quantitative estimate of drug-likeness (QED) is 0.671. The van der Waals surface area contributed by atoms with Crippen LogP contribution in [-0.4, -0.2) is 27.5 Å². The number of carbonyl (C=O) groups excluding carboxylic acids is 1. The minimum Gasteiger partial charge on any atom is -0.492 e. The maximum absolute atomic E-state index is 13.6. The van der Waals surface area contributed by atoms with Gasteiger partial charge in [-0.1, -0.05) is 12.1 Å².